The highest BCUT2D eigenvalue weighted by atomic mass is 16.2. The topological polar surface area (TPSA) is 55.1 Å². The summed E-state index contributed by atoms with van der Waals surface area (Å²) in [6, 6.07) is 8.16. The average Bonchev–Trinajstić information content (AvgIpc) is 2.45. The van der Waals surface area contributed by atoms with Crippen molar-refractivity contribution in [3.8, 4) is 0 Å². The Morgan fingerprint density at radius 2 is 2.26 bits per heavy atom. The van der Waals surface area contributed by atoms with Gasteiger partial charge in [-0.1, -0.05) is 44.0 Å². The number of rotatable bonds is 5. The van der Waals surface area contributed by atoms with E-state index < -0.39 is 0 Å². The smallest absolute Gasteiger partial charge is 0.237 e. The highest BCUT2D eigenvalue weighted by Crippen LogP contribution is 2.29. The lowest BCUT2D eigenvalue weighted by atomic mass is 9.87. The molecule has 3 heteroatoms. The molecule has 3 nitrogen and oxygen atoms in total. The Hall–Kier alpha value is -1.35. The monoisotopic (exact) mass is 260 g/mol. The molecule has 1 aliphatic carbocycles. The summed E-state index contributed by atoms with van der Waals surface area (Å²) < 4.78 is 0. The summed E-state index contributed by atoms with van der Waals surface area (Å²) in [4.78, 5) is 12.1. The summed E-state index contributed by atoms with van der Waals surface area (Å²) >= 11 is 0. The first-order valence-corrected chi connectivity index (χ1v) is 7.36. The number of unbranched alkanes of at least 4 members (excludes halogenated alkanes) is 1. The molecule has 0 fully saturated rings. The van der Waals surface area contributed by atoms with Gasteiger partial charge in [0.15, 0.2) is 0 Å². The van der Waals surface area contributed by atoms with Crippen molar-refractivity contribution in [3.63, 3.8) is 0 Å². The third-order valence-corrected chi connectivity index (χ3v) is 3.89. The fourth-order valence-corrected chi connectivity index (χ4v) is 2.74. The molecule has 2 rings (SSSR count). The molecule has 1 aromatic rings. The summed E-state index contributed by atoms with van der Waals surface area (Å²) in [5, 5.41) is 3.12. The molecule has 19 heavy (non-hydrogen) atoms. The molecule has 104 valence electrons. The van der Waals surface area contributed by atoms with Gasteiger partial charge in [0, 0.05) is 0 Å². The van der Waals surface area contributed by atoms with Gasteiger partial charge >= 0.3 is 0 Å². The first-order chi connectivity index (χ1) is 9.22. The van der Waals surface area contributed by atoms with Gasteiger partial charge in [-0.05, 0) is 36.8 Å². The number of carbonyl (C=O) groups is 1. The van der Waals surface area contributed by atoms with Gasteiger partial charge < -0.3 is 11.1 Å². The average molecular weight is 260 g/mol. The zero-order valence-corrected chi connectivity index (χ0v) is 11.7. The lowest BCUT2D eigenvalue weighted by Gasteiger charge is -2.27. The van der Waals surface area contributed by atoms with E-state index in [1.807, 2.05) is 6.07 Å². The van der Waals surface area contributed by atoms with Gasteiger partial charge in [-0.3, -0.25) is 4.79 Å². The molecule has 1 aromatic carbocycles. The van der Waals surface area contributed by atoms with Gasteiger partial charge in [-0.25, -0.2) is 0 Å². The number of carbonyl (C=O) groups excluding carboxylic acids is 1. The van der Waals surface area contributed by atoms with Crippen LogP contribution in [0.2, 0.25) is 0 Å². The molecule has 0 radical (unpaired) electrons. The molecule has 1 aliphatic rings. The van der Waals surface area contributed by atoms with Crippen LogP contribution < -0.4 is 11.1 Å². The zero-order valence-electron chi connectivity index (χ0n) is 11.7. The maximum absolute atomic E-state index is 12.1. The number of fused-ring (bicyclic) bond motifs is 1. The van der Waals surface area contributed by atoms with Gasteiger partial charge in [0.1, 0.15) is 0 Å². The Balaban J connectivity index is 1.98. The summed E-state index contributed by atoms with van der Waals surface area (Å²) in [7, 11) is 0. The van der Waals surface area contributed by atoms with Gasteiger partial charge in [0.2, 0.25) is 5.91 Å². The van der Waals surface area contributed by atoms with Crippen molar-refractivity contribution < 1.29 is 4.79 Å². The second-order valence-electron chi connectivity index (χ2n) is 5.40. The summed E-state index contributed by atoms with van der Waals surface area (Å²) in [5.74, 6) is -0.00449. The Morgan fingerprint density at radius 1 is 1.47 bits per heavy atom. The number of amides is 1. The third-order valence-electron chi connectivity index (χ3n) is 3.89. The number of aryl methyl sites for hydroxylation is 1. The molecule has 1 amide bonds. The summed E-state index contributed by atoms with van der Waals surface area (Å²) in [6.45, 7) is 2.11. The Labute approximate surface area is 115 Å². The van der Waals surface area contributed by atoms with Crippen LogP contribution in [0, 0.1) is 0 Å². The predicted octanol–water partition coefficient (Wildman–Crippen LogP) is 2.70. The first-order valence-electron chi connectivity index (χ1n) is 7.36. The van der Waals surface area contributed by atoms with E-state index in [0.717, 1.165) is 38.5 Å². The molecular weight excluding hydrogens is 236 g/mol. The number of benzene rings is 1. The highest BCUT2D eigenvalue weighted by molar-refractivity contribution is 5.81. The molecule has 1 unspecified atom stereocenters. The van der Waals surface area contributed by atoms with E-state index >= 15 is 0 Å². The molecule has 0 spiro atoms. The van der Waals surface area contributed by atoms with Crippen molar-refractivity contribution in [2.24, 2.45) is 5.73 Å². The second kappa shape index (κ2) is 6.71. The maximum Gasteiger partial charge on any atom is 0.237 e. The number of hydrogen-bond acceptors (Lipinski definition) is 2. The van der Waals surface area contributed by atoms with E-state index in [2.05, 4.69) is 30.4 Å². The lowest BCUT2D eigenvalue weighted by Crippen LogP contribution is -2.42. The fraction of sp³-hybridized carbons (Fsp3) is 0.562. The maximum atomic E-state index is 12.1. The van der Waals surface area contributed by atoms with Crippen LogP contribution in [0.15, 0.2) is 24.3 Å². The van der Waals surface area contributed by atoms with E-state index in [4.69, 9.17) is 5.73 Å². The summed E-state index contributed by atoms with van der Waals surface area (Å²) in [5.41, 5.74) is 8.56. The minimum atomic E-state index is -0.367. The number of nitrogens with one attached hydrogen (secondary N) is 1. The Morgan fingerprint density at radius 3 is 3.05 bits per heavy atom. The minimum absolute atomic E-state index is 0.00449. The quantitative estimate of drug-likeness (QED) is 0.855. The van der Waals surface area contributed by atoms with Crippen LogP contribution in [0.4, 0.5) is 0 Å². The van der Waals surface area contributed by atoms with Gasteiger partial charge in [0.05, 0.1) is 12.1 Å². The van der Waals surface area contributed by atoms with Crippen LogP contribution in [-0.2, 0) is 11.2 Å². The molecule has 0 heterocycles. The van der Waals surface area contributed by atoms with Crippen molar-refractivity contribution in [2.75, 3.05) is 0 Å². The standard InChI is InChI=1S/C16H24N2O/c1-2-3-10-14(17)16(19)18-15-11-6-8-12-7-4-5-9-13(12)15/h4-5,7,9,14-15H,2-3,6,8,10-11,17H2,1H3,(H,18,19)/t14-,15?/m0/s1. The SMILES string of the molecule is CCCC[C@H](N)C(=O)NC1CCCc2ccccc21. The molecule has 0 saturated heterocycles. The Bertz CT molecular complexity index is 431. The van der Waals surface area contributed by atoms with Crippen LogP contribution in [-0.4, -0.2) is 11.9 Å². The number of nitrogens with two attached hydrogens (primary N) is 1. The predicted molar refractivity (Wildman–Crippen MR) is 77.8 cm³/mol. The van der Waals surface area contributed by atoms with Crippen LogP contribution >= 0.6 is 0 Å². The molecule has 0 saturated carbocycles. The third kappa shape index (κ3) is 3.57. The lowest BCUT2D eigenvalue weighted by molar-refractivity contribution is -0.123. The molecule has 0 bridgehead atoms. The van der Waals surface area contributed by atoms with Crippen LogP contribution in [0.5, 0.6) is 0 Å². The normalized spacial score (nSPS) is 19.6. The van der Waals surface area contributed by atoms with Crippen LogP contribution in [0.3, 0.4) is 0 Å². The van der Waals surface area contributed by atoms with Crippen LogP contribution in [0.1, 0.15) is 56.2 Å². The van der Waals surface area contributed by atoms with Crippen molar-refractivity contribution >= 4 is 5.91 Å². The van der Waals surface area contributed by atoms with Gasteiger partial charge in [-0.2, -0.15) is 0 Å². The minimum Gasteiger partial charge on any atom is -0.348 e. The highest BCUT2D eigenvalue weighted by Gasteiger charge is 2.23. The molecule has 2 atom stereocenters. The molecule has 0 aromatic heterocycles. The van der Waals surface area contributed by atoms with Crippen molar-refractivity contribution in [2.45, 2.75) is 57.5 Å². The molecular formula is C16H24N2O. The van der Waals surface area contributed by atoms with E-state index in [9.17, 15) is 4.79 Å². The van der Waals surface area contributed by atoms with E-state index in [-0.39, 0.29) is 18.0 Å². The zero-order chi connectivity index (χ0) is 13.7. The van der Waals surface area contributed by atoms with E-state index in [1.165, 1.54) is 11.1 Å². The summed E-state index contributed by atoms with van der Waals surface area (Å²) in [6.07, 6.45) is 6.12. The first kappa shape index (κ1) is 14.1. The van der Waals surface area contributed by atoms with E-state index in [1.54, 1.807) is 0 Å². The van der Waals surface area contributed by atoms with Crippen molar-refractivity contribution in [3.05, 3.63) is 35.4 Å². The number of hydrogen-bond donors (Lipinski definition) is 2. The molecule has 0 aliphatic heterocycles. The fourth-order valence-electron chi connectivity index (χ4n) is 2.74. The van der Waals surface area contributed by atoms with E-state index in [0.29, 0.717) is 0 Å². The second-order valence-corrected chi connectivity index (χ2v) is 5.40. The molecule has 3 N–H and O–H groups in total. The van der Waals surface area contributed by atoms with Crippen molar-refractivity contribution in [1.29, 1.82) is 0 Å². The van der Waals surface area contributed by atoms with Crippen LogP contribution in [0.25, 0.3) is 0 Å². The largest absolute Gasteiger partial charge is 0.348 e. The Kier molecular flexibility index (Phi) is 4.97. The van der Waals surface area contributed by atoms with Gasteiger partial charge in [-0.15, -0.1) is 0 Å². The van der Waals surface area contributed by atoms with Gasteiger partial charge in [0.25, 0.3) is 0 Å². The van der Waals surface area contributed by atoms with Crippen molar-refractivity contribution in [1.82, 2.24) is 5.32 Å².